The van der Waals surface area contributed by atoms with Crippen molar-refractivity contribution in [1.82, 2.24) is 0 Å². The first kappa shape index (κ1) is 15.5. The van der Waals surface area contributed by atoms with E-state index in [2.05, 4.69) is 12.1 Å². The molecule has 1 aromatic rings. The Balaban J connectivity index is 1.93. The second kappa shape index (κ2) is 8.51. The van der Waals surface area contributed by atoms with Crippen molar-refractivity contribution in [3.63, 3.8) is 0 Å². The highest BCUT2D eigenvalue weighted by molar-refractivity contribution is 8.13. The number of benzene rings is 1. The summed E-state index contributed by atoms with van der Waals surface area (Å²) in [5.41, 5.74) is 1.31. The molecule has 18 heavy (non-hydrogen) atoms. The second-order valence-electron chi connectivity index (χ2n) is 4.15. The summed E-state index contributed by atoms with van der Waals surface area (Å²) in [5, 5.41) is 0. The SMILES string of the molecule is O=S(=O)(Cl)CCCCOCCCc1ccccc1. The fourth-order valence-corrected chi connectivity index (χ4v) is 2.48. The van der Waals surface area contributed by atoms with E-state index < -0.39 is 9.05 Å². The van der Waals surface area contributed by atoms with Gasteiger partial charge in [-0.3, -0.25) is 0 Å². The van der Waals surface area contributed by atoms with Crippen molar-refractivity contribution in [3.8, 4) is 0 Å². The molecule has 0 unspecified atom stereocenters. The summed E-state index contributed by atoms with van der Waals surface area (Å²) in [4.78, 5) is 0. The molecule has 0 aliphatic heterocycles. The van der Waals surface area contributed by atoms with Crippen molar-refractivity contribution < 1.29 is 13.2 Å². The van der Waals surface area contributed by atoms with E-state index in [9.17, 15) is 8.42 Å². The van der Waals surface area contributed by atoms with E-state index in [0.717, 1.165) is 19.3 Å². The highest BCUT2D eigenvalue weighted by Gasteiger charge is 2.03. The Kier molecular flexibility index (Phi) is 7.32. The number of ether oxygens (including phenoxy) is 1. The smallest absolute Gasteiger partial charge is 0.232 e. The van der Waals surface area contributed by atoms with Crippen LogP contribution in [0, 0.1) is 0 Å². The minimum absolute atomic E-state index is 0.0297. The first-order chi connectivity index (χ1) is 8.58. The molecule has 0 atom stereocenters. The van der Waals surface area contributed by atoms with Gasteiger partial charge < -0.3 is 4.74 Å². The van der Waals surface area contributed by atoms with Gasteiger partial charge in [-0.2, -0.15) is 0 Å². The average Bonchev–Trinajstić information content (AvgIpc) is 2.32. The normalized spacial score (nSPS) is 11.6. The van der Waals surface area contributed by atoms with Crippen molar-refractivity contribution in [2.24, 2.45) is 0 Å². The van der Waals surface area contributed by atoms with Crippen LogP contribution in [0.25, 0.3) is 0 Å². The molecule has 0 amide bonds. The number of hydrogen-bond donors (Lipinski definition) is 0. The van der Waals surface area contributed by atoms with E-state index in [-0.39, 0.29) is 5.75 Å². The van der Waals surface area contributed by atoms with Crippen LogP contribution in [0.5, 0.6) is 0 Å². The second-order valence-corrected chi connectivity index (χ2v) is 7.05. The zero-order valence-electron chi connectivity index (χ0n) is 10.3. The fraction of sp³-hybridized carbons (Fsp3) is 0.538. The molecular formula is C13H19ClO3S. The Bertz CT molecular complexity index is 417. The number of halogens is 1. The molecule has 0 fully saturated rings. The summed E-state index contributed by atoms with van der Waals surface area (Å²) in [6.45, 7) is 1.31. The van der Waals surface area contributed by atoms with E-state index in [1.165, 1.54) is 5.56 Å². The van der Waals surface area contributed by atoms with Crippen molar-refractivity contribution in [2.45, 2.75) is 25.7 Å². The van der Waals surface area contributed by atoms with Gasteiger partial charge in [0.15, 0.2) is 0 Å². The molecule has 1 aromatic carbocycles. The van der Waals surface area contributed by atoms with Gasteiger partial charge >= 0.3 is 0 Å². The monoisotopic (exact) mass is 290 g/mol. The van der Waals surface area contributed by atoms with Gasteiger partial charge in [0, 0.05) is 23.9 Å². The summed E-state index contributed by atoms with van der Waals surface area (Å²) in [5.74, 6) is 0.0297. The Morgan fingerprint density at radius 2 is 1.67 bits per heavy atom. The first-order valence-electron chi connectivity index (χ1n) is 6.12. The van der Waals surface area contributed by atoms with Crippen LogP contribution < -0.4 is 0 Å². The maximum absolute atomic E-state index is 10.6. The minimum Gasteiger partial charge on any atom is -0.381 e. The molecule has 0 N–H and O–H groups in total. The van der Waals surface area contributed by atoms with Gasteiger partial charge in [-0.1, -0.05) is 30.3 Å². The van der Waals surface area contributed by atoms with Gasteiger partial charge in [-0.05, 0) is 31.2 Å². The van der Waals surface area contributed by atoms with Crippen molar-refractivity contribution in [2.75, 3.05) is 19.0 Å². The highest BCUT2D eigenvalue weighted by atomic mass is 35.7. The molecule has 0 heterocycles. The Morgan fingerprint density at radius 3 is 2.33 bits per heavy atom. The third-order valence-corrected chi connectivity index (χ3v) is 3.76. The molecule has 0 spiro atoms. The first-order valence-corrected chi connectivity index (χ1v) is 8.60. The molecule has 102 valence electrons. The summed E-state index contributed by atoms with van der Waals surface area (Å²) < 4.78 is 26.7. The lowest BCUT2D eigenvalue weighted by molar-refractivity contribution is 0.129. The third-order valence-electron chi connectivity index (χ3n) is 2.52. The van der Waals surface area contributed by atoms with E-state index in [1.54, 1.807) is 0 Å². The lowest BCUT2D eigenvalue weighted by Crippen LogP contribution is -2.02. The van der Waals surface area contributed by atoms with Crippen molar-refractivity contribution >= 4 is 19.7 Å². The van der Waals surface area contributed by atoms with Gasteiger partial charge in [0.25, 0.3) is 0 Å². The Hall–Kier alpha value is -0.580. The van der Waals surface area contributed by atoms with Crippen LogP contribution in [0.3, 0.4) is 0 Å². The predicted octanol–water partition coefficient (Wildman–Crippen LogP) is 2.98. The third kappa shape index (κ3) is 8.50. The van der Waals surface area contributed by atoms with E-state index in [1.807, 2.05) is 18.2 Å². The van der Waals surface area contributed by atoms with Gasteiger partial charge in [0.05, 0.1) is 5.75 Å². The summed E-state index contributed by atoms with van der Waals surface area (Å²) in [7, 11) is 1.75. The van der Waals surface area contributed by atoms with Crippen molar-refractivity contribution in [3.05, 3.63) is 35.9 Å². The van der Waals surface area contributed by atoms with Crippen LogP contribution in [0.4, 0.5) is 0 Å². The lowest BCUT2D eigenvalue weighted by Gasteiger charge is -2.04. The molecule has 5 heteroatoms. The maximum Gasteiger partial charge on any atom is 0.232 e. The van der Waals surface area contributed by atoms with Gasteiger partial charge in [0.1, 0.15) is 0 Å². The lowest BCUT2D eigenvalue weighted by atomic mass is 10.1. The summed E-state index contributed by atoms with van der Waals surface area (Å²) in [6, 6.07) is 10.3. The van der Waals surface area contributed by atoms with Gasteiger partial charge in [-0.25, -0.2) is 8.42 Å². The number of hydrogen-bond acceptors (Lipinski definition) is 3. The number of rotatable bonds is 9. The molecule has 0 aromatic heterocycles. The van der Waals surface area contributed by atoms with Gasteiger partial charge in [-0.15, -0.1) is 0 Å². The van der Waals surface area contributed by atoms with Crippen molar-refractivity contribution in [1.29, 1.82) is 0 Å². The molecule has 0 bridgehead atoms. The average molecular weight is 291 g/mol. The summed E-state index contributed by atoms with van der Waals surface area (Å²) in [6.07, 6.45) is 3.29. The largest absolute Gasteiger partial charge is 0.381 e. The van der Waals surface area contributed by atoms with Crippen LogP contribution >= 0.6 is 10.7 Å². The molecule has 0 saturated heterocycles. The fourth-order valence-electron chi connectivity index (χ4n) is 1.60. The zero-order chi connectivity index (χ0) is 13.3. The number of unbranched alkanes of at least 4 members (excludes halogenated alkanes) is 1. The van der Waals surface area contributed by atoms with E-state index >= 15 is 0 Å². The van der Waals surface area contributed by atoms with E-state index in [0.29, 0.717) is 19.6 Å². The quantitative estimate of drug-likeness (QED) is 0.519. The molecule has 0 aliphatic rings. The van der Waals surface area contributed by atoms with E-state index in [4.69, 9.17) is 15.4 Å². The van der Waals surface area contributed by atoms with Gasteiger partial charge in [0.2, 0.25) is 9.05 Å². The standard InChI is InChI=1S/C13H19ClO3S/c14-18(15,16)12-5-4-10-17-11-6-9-13-7-2-1-3-8-13/h1-3,7-8H,4-6,9-12H2. The summed E-state index contributed by atoms with van der Waals surface area (Å²) >= 11 is 0. The topological polar surface area (TPSA) is 43.4 Å². The predicted molar refractivity (Wildman–Crippen MR) is 74.5 cm³/mol. The molecule has 0 aliphatic carbocycles. The van der Waals surface area contributed by atoms with Crippen LogP contribution in [0.2, 0.25) is 0 Å². The van der Waals surface area contributed by atoms with Crippen LogP contribution in [0.15, 0.2) is 30.3 Å². The minimum atomic E-state index is -3.34. The van der Waals surface area contributed by atoms with Crippen LogP contribution in [0.1, 0.15) is 24.8 Å². The molecule has 0 radical (unpaired) electrons. The highest BCUT2D eigenvalue weighted by Crippen LogP contribution is 2.04. The molecule has 1 rings (SSSR count). The Labute approximate surface area is 114 Å². The molecular weight excluding hydrogens is 272 g/mol. The number of aryl methyl sites for hydroxylation is 1. The Morgan fingerprint density at radius 1 is 1.00 bits per heavy atom. The molecule has 3 nitrogen and oxygen atoms in total. The maximum atomic E-state index is 10.6. The van der Waals surface area contributed by atoms with Crippen LogP contribution in [-0.2, 0) is 20.2 Å². The van der Waals surface area contributed by atoms with Crippen LogP contribution in [-0.4, -0.2) is 27.4 Å². The zero-order valence-corrected chi connectivity index (χ0v) is 11.9. The molecule has 0 saturated carbocycles.